The molecule has 1 aliphatic carbocycles. The second-order valence-corrected chi connectivity index (χ2v) is 5.51. The van der Waals surface area contributed by atoms with Gasteiger partial charge in [-0.3, -0.25) is 4.79 Å². The SMILES string of the molecule is CC(C)[C@H](C)CC(=O)N[C@@H]1CCC[C@H]1C. The highest BCUT2D eigenvalue weighted by atomic mass is 16.1. The van der Waals surface area contributed by atoms with E-state index in [2.05, 4.69) is 33.0 Å². The number of amides is 1. The van der Waals surface area contributed by atoms with Crippen LogP contribution in [-0.4, -0.2) is 11.9 Å². The van der Waals surface area contributed by atoms with Crippen LogP contribution in [0.3, 0.4) is 0 Å². The van der Waals surface area contributed by atoms with Gasteiger partial charge in [-0.15, -0.1) is 0 Å². The van der Waals surface area contributed by atoms with Crippen molar-refractivity contribution in [1.29, 1.82) is 0 Å². The van der Waals surface area contributed by atoms with Crippen LogP contribution in [0.15, 0.2) is 0 Å². The van der Waals surface area contributed by atoms with Crippen LogP contribution < -0.4 is 5.32 Å². The van der Waals surface area contributed by atoms with Crippen molar-refractivity contribution in [3.8, 4) is 0 Å². The van der Waals surface area contributed by atoms with Crippen molar-refractivity contribution < 1.29 is 4.79 Å². The third kappa shape index (κ3) is 3.84. The van der Waals surface area contributed by atoms with E-state index in [4.69, 9.17) is 0 Å². The van der Waals surface area contributed by atoms with Gasteiger partial charge in [0.05, 0.1) is 0 Å². The molecule has 1 saturated carbocycles. The quantitative estimate of drug-likeness (QED) is 0.761. The van der Waals surface area contributed by atoms with Crippen LogP contribution in [0.4, 0.5) is 0 Å². The van der Waals surface area contributed by atoms with E-state index in [0.29, 0.717) is 30.2 Å². The predicted molar refractivity (Wildman–Crippen MR) is 63.6 cm³/mol. The first-order valence-corrected chi connectivity index (χ1v) is 6.30. The Labute approximate surface area is 93.8 Å². The molecular formula is C13H25NO. The number of carbonyl (C=O) groups is 1. The Balaban J connectivity index is 2.29. The lowest BCUT2D eigenvalue weighted by atomic mass is 9.94. The van der Waals surface area contributed by atoms with E-state index in [-0.39, 0.29) is 5.91 Å². The van der Waals surface area contributed by atoms with Crippen molar-refractivity contribution in [3.63, 3.8) is 0 Å². The van der Waals surface area contributed by atoms with Crippen molar-refractivity contribution in [1.82, 2.24) is 5.32 Å². The maximum absolute atomic E-state index is 11.7. The van der Waals surface area contributed by atoms with E-state index in [1.165, 1.54) is 19.3 Å². The maximum Gasteiger partial charge on any atom is 0.220 e. The van der Waals surface area contributed by atoms with Crippen LogP contribution in [0.1, 0.15) is 53.4 Å². The van der Waals surface area contributed by atoms with Crippen LogP contribution >= 0.6 is 0 Å². The Morgan fingerprint density at radius 1 is 1.33 bits per heavy atom. The first-order valence-electron chi connectivity index (χ1n) is 6.30. The van der Waals surface area contributed by atoms with Gasteiger partial charge in [0.2, 0.25) is 5.91 Å². The Kier molecular flexibility index (Phi) is 4.62. The van der Waals surface area contributed by atoms with E-state index in [9.17, 15) is 4.79 Å². The zero-order chi connectivity index (χ0) is 11.4. The second kappa shape index (κ2) is 5.53. The molecule has 0 aromatic rings. The van der Waals surface area contributed by atoms with Crippen LogP contribution in [0.5, 0.6) is 0 Å². The van der Waals surface area contributed by atoms with Gasteiger partial charge in [0, 0.05) is 12.5 Å². The fraction of sp³-hybridized carbons (Fsp3) is 0.923. The molecule has 1 N–H and O–H groups in total. The summed E-state index contributed by atoms with van der Waals surface area (Å²) in [6, 6.07) is 0.442. The van der Waals surface area contributed by atoms with E-state index in [1.807, 2.05) is 0 Å². The molecule has 1 amide bonds. The molecule has 88 valence electrons. The summed E-state index contributed by atoms with van der Waals surface area (Å²) in [5.41, 5.74) is 0. The summed E-state index contributed by atoms with van der Waals surface area (Å²) in [5.74, 6) is 2.00. The van der Waals surface area contributed by atoms with Gasteiger partial charge in [0.1, 0.15) is 0 Å². The molecule has 1 aliphatic rings. The van der Waals surface area contributed by atoms with Crippen LogP contribution in [0, 0.1) is 17.8 Å². The first-order chi connectivity index (χ1) is 7.00. The summed E-state index contributed by atoms with van der Waals surface area (Å²) in [6.07, 6.45) is 4.39. The molecule has 0 spiro atoms. The molecule has 2 nitrogen and oxygen atoms in total. The maximum atomic E-state index is 11.7. The van der Waals surface area contributed by atoms with E-state index >= 15 is 0 Å². The molecule has 0 bridgehead atoms. The highest BCUT2D eigenvalue weighted by Gasteiger charge is 2.25. The lowest BCUT2D eigenvalue weighted by Crippen LogP contribution is -2.37. The molecule has 0 saturated heterocycles. The minimum atomic E-state index is 0.245. The summed E-state index contributed by atoms with van der Waals surface area (Å²) in [4.78, 5) is 11.7. The molecule has 0 unspecified atom stereocenters. The largest absolute Gasteiger partial charge is 0.353 e. The molecule has 0 radical (unpaired) electrons. The van der Waals surface area contributed by atoms with Gasteiger partial charge in [0.25, 0.3) is 0 Å². The molecule has 0 aromatic carbocycles. The van der Waals surface area contributed by atoms with Crippen molar-refractivity contribution in [2.24, 2.45) is 17.8 Å². The lowest BCUT2D eigenvalue weighted by Gasteiger charge is -2.20. The fourth-order valence-corrected chi connectivity index (χ4v) is 2.15. The zero-order valence-corrected chi connectivity index (χ0v) is 10.5. The van der Waals surface area contributed by atoms with Crippen LogP contribution in [0.25, 0.3) is 0 Å². The van der Waals surface area contributed by atoms with E-state index in [0.717, 1.165) is 0 Å². The molecule has 1 fully saturated rings. The average molecular weight is 211 g/mol. The van der Waals surface area contributed by atoms with Gasteiger partial charge < -0.3 is 5.32 Å². The number of hydrogen-bond acceptors (Lipinski definition) is 1. The van der Waals surface area contributed by atoms with Crippen LogP contribution in [-0.2, 0) is 4.79 Å². The summed E-state index contributed by atoms with van der Waals surface area (Å²) < 4.78 is 0. The Bertz CT molecular complexity index is 213. The monoisotopic (exact) mass is 211 g/mol. The van der Waals surface area contributed by atoms with Gasteiger partial charge in [-0.25, -0.2) is 0 Å². The van der Waals surface area contributed by atoms with Crippen molar-refractivity contribution in [2.45, 2.75) is 59.4 Å². The van der Waals surface area contributed by atoms with Gasteiger partial charge in [0.15, 0.2) is 0 Å². The van der Waals surface area contributed by atoms with Gasteiger partial charge in [-0.2, -0.15) is 0 Å². The van der Waals surface area contributed by atoms with Crippen molar-refractivity contribution >= 4 is 5.91 Å². The highest BCUT2D eigenvalue weighted by molar-refractivity contribution is 5.76. The summed E-state index contributed by atoms with van der Waals surface area (Å²) in [7, 11) is 0. The molecule has 0 aliphatic heterocycles. The number of carbonyl (C=O) groups excluding carboxylic acids is 1. The van der Waals surface area contributed by atoms with Gasteiger partial charge in [-0.05, 0) is 30.6 Å². The minimum absolute atomic E-state index is 0.245. The number of nitrogens with one attached hydrogen (secondary N) is 1. The molecule has 3 atom stereocenters. The summed E-state index contributed by atoms with van der Waals surface area (Å²) in [5, 5.41) is 3.18. The lowest BCUT2D eigenvalue weighted by molar-refractivity contribution is -0.123. The Morgan fingerprint density at radius 2 is 2.00 bits per heavy atom. The third-order valence-corrected chi connectivity index (χ3v) is 3.85. The highest BCUT2D eigenvalue weighted by Crippen LogP contribution is 2.25. The number of hydrogen-bond donors (Lipinski definition) is 1. The summed E-state index contributed by atoms with van der Waals surface area (Å²) in [6.45, 7) is 8.75. The van der Waals surface area contributed by atoms with Crippen molar-refractivity contribution in [3.05, 3.63) is 0 Å². The molecule has 0 heterocycles. The topological polar surface area (TPSA) is 29.1 Å². The molecular weight excluding hydrogens is 186 g/mol. The first kappa shape index (κ1) is 12.5. The molecule has 0 aromatic heterocycles. The number of rotatable bonds is 4. The smallest absolute Gasteiger partial charge is 0.220 e. The van der Waals surface area contributed by atoms with E-state index in [1.54, 1.807) is 0 Å². The molecule has 1 rings (SSSR count). The van der Waals surface area contributed by atoms with Gasteiger partial charge >= 0.3 is 0 Å². The average Bonchev–Trinajstić information content (AvgIpc) is 2.51. The normalized spacial score (nSPS) is 28.1. The Morgan fingerprint density at radius 3 is 2.47 bits per heavy atom. The standard InChI is InChI=1S/C13H25NO/c1-9(2)11(4)8-13(15)14-12-7-5-6-10(12)3/h9-12H,5-8H2,1-4H3,(H,14,15)/t10-,11-,12-/m1/s1. The zero-order valence-electron chi connectivity index (χ0n) is 10.5. The third-order valence-electron chi connectivity index (χ3n) is 3.85. The summed E-state index contributed by atoms with van der Waals surface area (Å²) >= 11 is 0. The van der Waals surface area contributed by atoms with Crippen molar-refractivity contribution in [2.75, 3.05) is 0 Å². The van der Waals surface area contributed by atoms with Gasteiger partial charge in [-0.1, -0.05) is 34.1 Å². The molecule has 15 heavy (non-hydrogen) atoms. The van der Waals surface area contributed by atoms with E-state index < -0.39 is 0 Å². The second-order valence-electron chi connectivity index (χ2n) is 5.51. The minimum Gasteiger partial charge on any atom is -0.353 e. The Hall–Kier alpha value is -0.530. The fourth-order valence-electron chi connectivity index (χ4n) is 2.15. The predicted octanol–water partition coefficient (Wildman–Crippen LogP) is 2.97. The van der Waals surface area contributed by atoms with Crippen LogP contribution in [0.2, 0.25) is 0 Å². The molecule has 2 heteroatoms.